The van der Waals surface area contributed by atoms with Gasteiger partial charge >= 0.3 is 0 Å². The molecule has 0 aliphatic rings. The molecule has 108 valence electrons. The average Bonchev–Trinajstić information content (AvgIpc) is 2.89. The normalized spacial score (nSPS) is 12.2. The highest BCUT2D eigenvalue weighted by molar-refractivity contribution is 7.99. The number of rotatable bonds is 7. The minimum atomic E-state index is -0.571. The van der Waals surface area contributed by atoms with Gasteiger partial charge in [-0.2, -0.15) is 0 Å². The van der Waals surface area contributed by atoms with Gasteiger partial charge in [0, 0.05) is 12.8 Å². The fourth-order valence-corrected chi connectivity index (χ4v) is 2.28. The van der Waals surface area contributed by atoms with Crippen LogP contribution in [0.5, 0.6) is 11.5 Å². The molecule has 1 heterocycles. The van der Waals surface area contributed by atoms with Crippen molar-refractivity contribution in [3.63, 3.8) is 0 Å². The highest BCUT2D eigenvalue weighted by atomic mass is 32.2. The summed E-state index contributed by atoms with van der Waals surface area (Å²) in [4.78, 5) is 0. The lowest BCUT2D eigenvalue weighted by Gasteiger charge is -2.12. The maximum Gasteiger partial charge on any atom is 0.190 e. The predicted molar refractivity (Wildman–Crippen MR) is 76.2 cm³/mol. The zero-order valence-corrected chi connectivity index (χ0v) is 12.2. The number of aryl methyl sites for hydroxylation is 1. The number of aliphatic hydroxyl groups excluding tert-OH is 1. The number of methoxy groups -OCH3 is 1. The summed E-state index contributed by atoms with van der Waals surface area (Å²) in [6.45, 7) is 0.233. The van der Waals surface area contributed by atoms with Crippen molar-refractivity contribution in [1.29, 1.82) is 0 Å². The lowest BCUT2D eigenvalue weighted by Crippen LogP contribution is -2.20. The molecular weight excluding hydrogens is 278 g/mol. The minimum Gasteiger partial charge on any atom is -0.497 e. The molecule has 0 radical (unpaired) electrons. The van der Waals surface area contributed by atoms with Crippen molar-refractivity contribution in [2.45, 2.75) is 11.3 Å². The number of nitrogens with zero attached hydrogens (tertiary/aromatic N) is 3. The molecule has 2 aromatic rings. The van der Waals surface area contributed by atoms with Crippen LogP contribution in [0, 0.1) is 0 Å². The van der Waals surface area contributed by atoms with Crippen LogP contribution in [0.1, 0.15) is 0 Å². The second-order valence-corrected chi connectivity index (χ2v) is 5.16. The molecular formula is C13H17N3O3S. The van der Waals surface area contributed by atoms with E-state index < -0.39 is 6.10 Å². The van der Waals surface area contributed by atoms with Crippen LogP contribution in [0.15, 0.2) is 35.7 Å². The van der Waals surface area contributed by atoms with Crippen LogP contribution in [0.25, 0.3) is 0 Å². The zero-order valence-electron chi connectivity index (χ0n) is 11.4. The molecule has 0 unspecified atom stereocenters. The van der Waals surface area contributed by atoms with E-state index in [1.54, 1.807) is 25.6 Å². The van der Waals surface area contributed by atoms with E-state index >= 15 is 0 Å². The number of ether oxygens (including phenoxy) is 2. The van der Waals surface area contributed by atoms with Gasteiger partial charge in [-0.25, -0.2) is 0 Å². The zero-order chi connectivity index (χ0) is 14.4. The Labute approximate surface area is 121 Å². The Balaban J connectivity index is 1.74. The largest absolute Gasteiger partial charge is 0.497 e. The molecule has 0 spiro atoms. The molecule has 0 saturated carbocycles. The SMILES string of the molecule is COc1ccc(OC[C@H](O)CSc2nncn2C)cc1. The molecule has 1 atom stereocenters. The summed E-state index contributed by atoms with van der Waals surface area (Å²) in [5, 5.41) is 18.4. The maximum absolute atomic E-state index is 9.87. The van der Waals surface area contributed by atoms with Gasteiger partial charge in [-0.1, -0.05) is 11.8 Å². The van der Waals surface area contributed by atoms with Crippen molar-refractivity contribution in [3.8, 4) is 11.5 Å². The monoisotopic (exact) mass is 295 g/mol. The molecule has 6 nitrogen and oxygen atoms in total. The number of benzene rings is 1. The molecule has 0 bridgehead atoms. The van der Waals surface area contributed by atoms with Crippen molar-refractivity contribution < 1.29 is 14.6 Å². The van der Waals surface area contributed by atoms with Crippen LogP contribution in [0.2, 0.25) is 0 Å². The molecule has 0 fully saturated rings. The third-order valence-corrected chi connectivity index (χ3v) is 3.76. The second kappa shape index (κ2) is 7.16. The molecule has 1 aromatic heterocycles. The Kier molecular flexibility index (Phi) is 5.25. The molecule has 20 heavy (non-hydrogen) atoms. The fourth-order valence-electron chi connectivity index (χ4n) is 1.49. The lowest BCUT2D eigenvalue weighted by atomic mass is 10.3. The summed E-state index contributed by atoms with van der Waals surface area (Å²) in [7, 11) is 3.48. The molecule has 7 heteroatoms. The van der Waals surface area contributed by atoms with E-state index in [4.69, 9.17) is 9.47 Å². The van der Waals surface area contributed by atoms with Gasteiger partial charge in [0.05, 0.1) is 13.2 Å². The molecule has 2 rings (SSSR count). The van der Waals surface area contributed by atoms with Gasteiger partial charge in [0.25, 0.3) is 0 Å². The van der Waals surface area contributed by atoms with Crippen molar-refractivity contribution in [3.05, 3.63) is 30.6 Å². The maximum atomic E-state index is 9.87. The van der Waals surface area contributed by atoms with Gasteiger partial charge in [-0.15, -0.1) is 10.2 Å². The van der Waals surface area contributed by atoms with Gasteiger partial charge in [-0.05, 0) is 24.3 Å². The van der Waals surface area contributed by atoms with E-state index in [-0.39, 0.29) is 6.61 Å². The molecule has 0 aliphatic heterocycles. The first-order valence-corrected chi connectivity index (χ1v) is 7.09. The van der Waals surface area contributed by atoms with Crippen LogP contribution in [0.4, 0.5) is 0 Å². The Bertz CT molecular complexity index is 530. The van der Waals surface area contributed by atoms with Gasteiger partial charge < -0.3 is 19.1 Å². The quantitative estimate of drug-likeness (QED) is 0.778. The summed E-state index contributed by atoms with van der Waals surface area (Å²) in [5.74, 6) is 1.98. The molecule has 1 N–H and O–H groups in total. The van der Waals surface area contributed by atoms with Crippen LogP contribution < -0.4 is 9.47 Å². The van der Waals surface area contributed by atoms with Crippen LogP contribution in [-0.4, -0.2) is 45.4 Å². The van der Waals surface area contributed by atoms with Crippen molar-refractivity contribution in [1.82, 2.24) is 14.8 Å². The first-order valence-electron chi connectivity index (χ1n) is 6.10. The number of thioether (sulfide) groups is 1. The summed E-state index contributed by atoms with van der Waals surface area (Å²) in [5.41, 5.74) is 0. The minimum absolute atomic E-state index is 0.233. The van der Waals surface area contributed by atoms with Crippen LogP contribution >= 0.6 is 11.8 Å². The third-order valence-electron chi connectivity index (χ3n) is 2.58. The molecule has 0 amide bonds. The standard InChI is InChI=1S/C13H17N3O3S/c1-16-9-14-15-13(16)20-8-10(17)7-19-12-5-3-11(18-2)4-6-12/h3-6,9-10,17H,7-8H2,1-2H3/t10-/m0/s1. The summed E-state index contributed by atoms with van der Waals surface area (Å²) >= 11 is 1.44. The second-order valence-electron chi connectivity index (χ2n) is 4.18. The number of aliphatic hydroxyl groups is 1. The van der Waals surface area contributed by atoms with E-state index in [0.717, 1.165) is 10.9 Å². The van der Waals surface area contributed by atoms with E-state index in [9.17, 15) is 5.11 Å². The molecule has 0 saturated heterocycles. The molecule has 0 aliphatic carbocycles. The van der Waals surface area contributed by atoms with E-state index in [0.29, 0.717) is 11.5 Å². The first-order chi connectivity index (χ1) is 9.69. The number of hydrogen-bond donors (Lipinski definition) is 1. The Morgan fingerprint density at radius 3 is 2.60 bits per heavy atom. The number of aromatic nitrogens is 3. The van der Waals surface area contributed by atoms with E-state index in [1.165, 1.54) is 11.8 Å². The summed E-state index contributed by atoms with van der Waals surface area (Å²) in [6.07, 6.45) is 1.06. The highest BCUT2D eigenvalue weighted by Gasteiger charge is 2.09. The number of hydrogen-bond acceptors (Lipinski definition) is 6. The third kappa shape index (κ3) is 4.14. The Morgan fingerprint density at radius 2 is 2.00 bits per heavy atom. The van der Waals surface area contributed by atoms with Crippen molar-refractivity contribution in [2.24, 2.45) is 7.05 Å². The summed E-state index contributed by atoms with van der Waals surface area (Å²) in [6, 6.07) is 7.24. The highest BCUT2D eigenvalue weighted by Crippen LogP contribution is 2.18. The molecule has 1 aromatic carbocycles. The van der Waals surface area contributed by atoms with Crippen LogP contribution in [-0.2, 0) is 7.05 Å². The first kappa shape index (κ1) is 14.7. The Hall–Kier alpha value is -1.73. The topological polar surface area (TPSA) is 69.4 Å². The van der Waals surface area contributed by atoms with Gasteiger partial charge in [0.2, 0.25) is 0 Å². The van der Waals surface area contributed by atoms with E-state index in [2.05, 4.69) is 10.2 Å². The Morgan fingerprint density at radius 1 is 1.30 bits per heavy atom. The fraction of sp³-hybridized carbons (Fsp3) is 0.385. The van der Waals surface area contributed by atoms with E-state index in [1.807, 2.05) is 23.7 Å². The predicted octanol–water partition coefficient (Wildman–Crippen LogP) is 1.36. The smallest absolute Gasteiger partial charge is 0.190 e. The lowest BCUT2D eigenvalue weighted by molar-refractivity contribution is 0.126. The van der Waals surface area contributed by atoms with Crippen LogP contribution in [0.3, 0.4) is 0 Å². The van der Waals surface area contributed by atoms with Gasteiger partial charge in [-0.3, -0.25) is 0 Å². The van der Waals surface area contributed by atoms with Crippen molar-refractivity contribution in [2.75, 3.05) is 19.5 Å². The van der Waals surface area contributed by atoms with Crippen molar-refractivity contribution >= 4 is 11.8 Å². The average molecular weight is 295 g/mol. The van der Waals surface area contributed by atoms with Gasteiger partial charge in [0.15, 0.2) is 5.16 Å². The summed E-state index contributed by atoms with van der Waals surface area (Å²) < 4.78 is 12.4. The van der Waals surface area contributed by atoms with Gasteiger partial charge in [0.1, 0.15) is 24.4 Å².